The number of aromatic amines is 1. The Balaban J connectivity index is 2.03. The molecule has 1 aliphatic heterocycles. The van der Waals surface area contributed by atoms with Gasteiger partial charge in [0.15, 0.2) is 0 Å². The predicted octanol–water partition coefficient (Wildman–Crippen LogP) is 0.697. The molecule has 1 aliphatic rings. The number of ether oxygens (including phenoxy) is 2. The second kappa shape index (κ2) is 7.45. The molecule has 2 rings (SSSR count). The van der Waals surface area contributed by atoms with Gasteiger partial charge in [-0.15, -0.1) is 0 Å². The molecule has 23 heavy (non-hydrogen) atoms. The van der Waals surface area contributed by atoms with E-state index < -0.39 is 12.1 Å². The van der Waals surface area contributed by atoms with Crippen LogP contribution in [0, 0.1) is 12.8 Å². The lowest BCUT2D eigenvalue weighted by atomic mass is 10.00. The number of aryl methyl sites for hydroxylation is 1. The molecule has 3 N–H and O–H groups in total. The van der Waals surface area contributed by atoms with Crippen molar-refractivity contribution >= 4 is 12.0 Å². The predicted molar refractivity (Wildman–Crippen MR) is 83.0 cm³/mol. The van der Waals surface area contributed by atoms with Crippen LogP contribution in [0.5, 0.6) is 0 Å². The highest BCUT2D eigenvalue weighted by Gasteiger charge is 2.35. The topological polar surface area (TPSA) is 105 Å². The van der Waals surface area contributed by atoms with Crippen LogP contribution < -0.4 is 10.6 Å². The Hall–Kier alpha value is -2.09. The maximum Gasteiger partial charge on any atom is 0.407 e. The van der Waals surface area contributed by atoms with Crippen molar-refractivity contribution < 1.29 is 19.1 Å². The normalized spacial score (nSPS) is 22.0. The molecule has 0 aromatic carbocycles. The third-order valence-electron chi connectivity index (χ3n) is 3.89. The molecule has 0 saturated carbocycles. The maximum atomic E-state index is 12.5. The van der Waals surface area contributed by atoms with Crippen molar-refractivity contribution in [3.8, 4) is 0 Å². The molecule has 128 valence electrons. The number of imidazole rings is 1. The molecule has 2 heterocycles. The smallest absolute Gasteiger partial charge is 0.407 e. The number of methoxy groups -OCH3 is 1. The van der Waals surface area contributed by atoms with E-state index in [0.29, 0.717) is 13.2 Å². The molecule has 1 fully saturated rings. The first-order valence-electron chi connectivity index (χ1n) is 7.66. The highest BCUT2D eigenvalue weighted by molar-refractivity contribution is 5.86. The summed E-state index contributed by atoms with van der Waals surface area (Å²) in [5, 5.41) is 5.51. The molecule has 0 unspecified atom stereocenters. The van der Waals surface area contributed by atoms with Gasteiger partial charge in [0, 0.05) is 11.9 Å². The van der Waals surface area contributed by atoms with Crippen molar-refractivity contribution in [3.63, 3.8) is 0 Å². The number of hydrogen-bond donors (Lipinski definition) is 3. The minimum Gasteiger partial charge on any atom is -0.453 e. The molecule has 0 radical (unpaired) electrons. The summed E-state index contributed by atoms with van der Waals surface area (Å²) in [6, 6.07) is -0.851. The van der Waals surface area contributed by atoms with E-state index in [1.807, 2.05) is 20.8 Å². The fourth-order valence-corrected chi connectivity index (χ4v) is 2.58. The van der Waals surface area contributed by atoms with Gasteiger partial charge in [-0.3, -0.25) is 4.79 Å². The summed E-state index contributed by atoms with van der Waals surface area (Å²) >= 11 is 0. The fraction of sp³-hybridized carbons (Fsp3) is 0.667. The van der Waals surface area contributed by atoms with Crippen LogP contribution in [-0.4, -0.2) is 54.4 Å². The minimum absolute atomic E-state index is 0.0291. The van der Waals surface area contributed by atoms with E-state index >= 15 is 0 Å². The first-order chi connectivity index (χ1) is 10.9. The monoisotopic (exact) mass is 324 g/mol. The van der Waals surface area contributed by atoms with Crippen LogP contribution in [0.4, 0.5) is 4.79 Å². The lowest BCUT2D eigenvalue weighted by Crippen LogP contribution is -2.53. The summed E-state index contributed by atoms with van der Waals surface area (Å²) in [7, 11) is 1.27. The number of aromatic nitrogens is 2. The van der Waals surface area contributed by atoms with Crippen molar-refractivity contribution in [2.75, 3.05) is 20.3 Å². The Morgan fingerprint density at radius 1 is 1.43 bits per heavy atom. The van der Waals surface area contributed by atoms with E-state index in [4.69, 9.17) is 4.74 Å². The van der Waals surface area contributed by atoms with Gasteiger partial charge in [0.1, 0.15) is 11.9 Å². The highest BCUT2D eigenvalue weighted by atomic mass is 16.5. The molecule has 1 aromatic heterocycles. The second-order valence-electron chi connectivity index (χ2n) is 6.07. The highest BCUT2D eigenvalue weighted by Crippen LogP contribution is 2.23. The van der Waals surface area contributed by atoms with E-state index in [1.54, 1.807) is 6.20 Å². The Bertz CT molecular complexity index is 557. The zero-order valence-electron chi connectivity index (χ0n) is 13.9. The molecule has 0 spiro atoms. The summed E-state index contributed by atoms with van der Waals surface area (Å²) < 4.78 is 10.1. The van der Waals surface area contributed by atoms with Gasteiger partial charge in [-0.25, -0.2) is 9.78 Å². The van der Waals surface area contributed by atoms with Crippen molar-refractivity contribution in [1.29, 1.82) is 0 Å². The largest absolute Gasteiger partial charge is 0.453 e. The molecule has 8 heteroatoms. The van der Waals surface area contributed by atoms with Crippen molar-refractivity contribution in [3.05, 3.63) is 17.7 Å². The fourth-order valence-electron chi connectivity index (χ4n) is 2.58. The number of carbonyl (C=O) groups is 2. The average Bonchev–Trinajstić information content (AvgIpc) is 3.12. The van der Waals surface area contributed by atoms with Gasteiger partial charge in [-0.1, -0.05) is 13.8 Å². The Morgan fingerprint density at radius 3 is 2.74 bits per heavy atom. The third kappa shape index (κ3) is 4.22. The number of alkyl carbamates (subject to hydrolysis) is 1. The van der Waals surface area contributed by atoms with Crippen LogP contribution in [-0.2, 0) is 14.3 Å². The number of amides is 2. The molecule has 0 bridgehead atoms. The lowest BCUT2D eigenvalue weighted by Gasteiger charge is -2.24. The zero-order chi connectivity index (χ0) is 17.0. The van der Waals surface area contributed by atoms with Crippen LogP contribution in [0.25, 0.3) is 0 Å². The molecule has 3 atom stereocenters. The van der Waals surface area contributed by atoms with Crippen LogP contribution in [0.15, 0.2) is 6.20 Å². The summed E-state index contributed by atoms with van der Waals surface area (Å²) in [5.41, 5.74) is 0.962. The van der Waals surface area contributed by atoms with E-state index in [9.17, 15) is 9.59 Å². The van der Waals surface area contributed by atoms with E-state index in [0.717, 1.165) is 11.5 Å². The molecule has 8 nitrogen and oxygen atoms in total. The number of nitrogens with one attached hydrogen (secondary N) is 3. The van der Waals surface area contributed by atoms with Crippen LogP contribution in [0.1, 0.15) is 31.3 Å². The van der Waals surface area contributed by atoms with Gasteiger partial charge in [-0.05, 0) is 12.8 Å². The van der Waals surface area contributed by atoms with Crippen LogP contribution >= 0.6 is 0 Å². The van der Waals surface area contributed by atoms with E-state index in [-0.39, 0.29) is 23.8 Å². The van der Waals surface area contributed by atoms with E-state index in [1.165, 1.54) is 7.11 Å². The second-order valence-corrected chi connectivity index (χ2v) is 6.07. The zero-order valence-corrected chi connectivity index (χ0v) is 13.9. The van der Waals surface area contributed by atoms with Crippen LogP contribution in [0.2, 0.25) is 0 Å². The summed E-state index contributed by atoms with van der Waals surface area (Å²) in [6.45, 7) is 6.56. The molecule has 0 aliphatic carbocycles. The Morgan fingerprint density at radius 2 is 2.17 bits per heavy atom. The molecule has 1 saturated heterocycles. The van der Waals surface area contributed by atoms with Crippen molar-refractivity contribution in [2.24, 2.45) is 5.92 Å². The van der Waals surface area contributed by atoms with Gasteiger partial charge in [0.25, 0.3) is 0 Å². The molecule has 1 aromatic rings. The minimum atomic E-state index is -0.665. The number of carbonyl (C=O) groups excluding carboxylic acids is 2. The number of H-pyrrole nitrogens is 1. The lowest BCUT2D eigenvalue weighted by molar-refractivity contribution is -0.124. The SMILES string of the molecule is COC(=O)N[C@H](C(=O)N[C@H]1COC[C@@H]1c1ncc(C)[nH]1)C(C)C. The summed E-state index contributed by atoms with van der Waals surface area (Å²) in [6.07, 6.45) is 1.13. The molecular formula is C15H24N4O4. The van der Waals surface area contributed by atoms with Gasteiger partial charge in [-0.2, -0.15) is 0 Å². The van der Waals surface area contributed by atoms with Crippen molar-refractivity contribution in [1.82, 2.24) is 20.6 Å². The maximum absolute atomic E-state index is 12.5. The van der Waals surface area contributed by atoms with Crippen molar-refractivity contribution in [2.45, 2.75) is 38.8 Å². The summed E-state index contributed by atoms with van der Waals surface area (Å²) in [4.78, 5) is 31.4. The number of hydrogen-bond acceptors (Lipinski definition) is 5. The number of nitrogens with zero attached hydrogens (tertiary/aromatic N) is 1. The molecular weight excluding hydrogens is 300 g/mol. The standard InChI is InChI=1S/C15H24N4O4/c1-8(2)12(19-15(21)22-4)14(20)18-11-7-23-6-10(11)13-16-5-9(3)17-13/h5,8,10-12H,6-7H2,1-4H3,(H,16,17)(H,18,20)(H,19,21)/t10-,11-,12-/m0/s1. The first-order valence-corrected chi connectivity index (χ1v) is 7.66. The van der Waals surface area contributed by atoms with Gasteiger partial charge >= 0.3 is 6.09 Å². The van der Waals surface area contributed by atoms with E-state index in [2.05, 4.69) is 25.3 Å². The molecule has 2 amide bonds. The number of rotatable bonds is 5. The van der Waals surface area contributed by atoms with Crippen LogP contribution in [0.3, 0.4) is 0 Å². The van der Waals surface area contributed by atoms with Gasteiger partial charge < -0.3 is 25.1 Å². The Kier molecular flexibility index (Phi) is 5.59. The first kappa shape index (κ1) is 17.3. The van der Waals surface area contributed by atoms with Gasteiger partial charge in [0.2, 0.25) is 5.91 Å². The summed E-state index contributed by atoms with van der Waals surface area (Å²) in [5.74, 6) is 0.445. The van der Waals surface area contributed by atoms with Gasteiger partial charge in [0.05, 0.1) is 32.3 Å². The average molecular weight is 324 g/mol. The Labute approximate surface area is 135 Å². The third-order valence-corrected chi connectivity index (χ3v) is 3.89. The quantitative estimate of drug-likeness (QED) is 0.739.